The smallest absolute Gasteiger partial charge is 0.253 e. The molecular formula is C28H29N5O5S2. The van der Waals surface area contributed by atoms with Crippen molar-refractivity contribution in [3.63, 3.8) is 0 Å². The van der Waals surface area contributed by atoms with Gasteiger partial charge in [0.15, 0.2) is 5.13 Å². The van der Waals surface area contributed by atoms with Gasteiger partial charge in [-0.1, -0.05) is 25.1 Å². The summed E-state index contributed by atoms with van der Waals surface area (Å²) in [6, 6.07) is 13.2. The highest BCUT2D eigenvalue weighted by molar-refractivity contribution is 7.89. The van der Waals surface area contributed by atoms with Crippen molar-refractivity contribution in [3.8, 4) is 22.4 Å². The van der Waals surface area contributed by atoms with Crippen LogP contribution < -0.4 is 10.6 Å². The van der Waals surface area contributed by atoms with E-state index in [0.717, 1.165) is 45.5 Å². The number of anilines is 1. The number of nitrogens with zero attached hydrogens (tertiary/aromatic N) is 3. The maximum absolute atomic E-state index is 12.4. The number of carbonyl (C=O) groups excluding carboxylic acids is 3. The summed E-state index contributed by atoms with van der Waals surface area (Å²) in [4.78, 5) is 45.1. The lowest BCUT2D eigenvalue weighted by atomic mass is 9.98. The van der Waals surface area contributed by atoms with Crippen LogP contribution in [-0.4, -0.2) is 52.8 Å². The maximum Gasteiger partial charge on any atom is 0.253 e. The molecule has 0 aliphatic heterocycles. The molecule has 1 atom stereocenters. The summed E-state index contributed by atoms with van der Waals surface area (Å²) in [5.74, 6) is -0.857. The van der Waals surface area contributed by atoms with Gasteiger partial charge in [-0.3, -0.25) is 23.3 Å². The first-order valence-electron chi connectivity index (χ1n) is 12.5. The molecule has 1 aromatic carbocycles. The Morgan fingerprint density at radius 3 is 2.55 bits per heavy atom. The van der Waals surface area contributed by atoms with Gasteiger partial charge in [0.05, 0.1) is 24.1 Å². The zero-order chi connectivity index (χ0) is 28.9. The Morgan fingerprint density at radius 1 is 1.07 bits per heavy atom. The number of aromatic nitrogens is 3. The quantitative estimate of drug-likeness (QED) is 0.274. The van der Waals surface area contributed by atoms with Crippen molar-refractivity contribution in [1.82, 2.24) is 19.3 Å². The van der Waals surface area contributed by atoms with Gasteiger partial charge in [-0.25, -0.2) is 13.4 Å². The fourth-order valence-corrected chi connectivity index (χ4v) is 5.15. The predicted molar refractivity (Wildman–Crippen MR) is 155 cm³/mol. The molecule has 4 rings (SSSR count). The van der Waals surface area contributed by atoms with E-state index in [0.29, 0.717) is 10.8 Å². The molecule has 40 heavy (non-hydrogen) atoms. The van der Waals surface area contributed by atoms with Crippen LogP contribution in [0.4, 0.5) is 5.13 Å². The van der Waals surface area contributed by atoms with E-state index in [1.54, 1.807) is 13.1 Å². The van der Waals surface area contributed by atoms with E-state index in [2.05, 4.69) is 20.6 Å². The minimum absolute atomic E-state index is 0.000792. The molecule has 1 unspecified atom stereocenters. The zero-order valence-corrected chi connectivity index (χ0v) is 23.9. The molecule has 0 bridgehead atoms. The van der Waals surface area contributed by atoms with Crippen LogP contribution >= 0.6 is 11.3 Å². The van der Waals surface area contributed by atoms with Gasteiger partial charge in [-0.05, 0) is 55.2 Å². The number of Topliss-reactive ketones (excluding diaryl/α,β-unsaturated/α-hetero) is 1. The number of nitrogens with one attached hydrogen (secondary N) is 2. The summed E-state index contributed by atoms with van der Waals surface area (Å²) in [5, 5.41) is 7.36. The molecule has 208 valence electrons. The molecule has 3 heterocycles. The van der Waals surface area contributed by atoms with E-state index in [9.17, 15) is 22.8 Å². The SMILES string of the molecule is CC(=O)C(C)CCc1cc(-c2cccc(-c3csc(NC(=O)CNC(=O)c4ccn(S(C)(=O)=O)c4)n3)c2)ccn1. The molecule has 12 heteroatoms. The minimum atomic E-state index is -3.50. The summed E-state index contributed by atoms with van der Waals surface area (Å²) in [6.07, 6.45) is 6.71. The fraction of sp³-hybridized carbons (Fsp3) is 0.250. The number of hydrogen-bond donors (Lipinski definition) is 2. The third kappa shape index (κ3) is 7.48. The van der Waals surface area contributed by atoms with Gasteiger partial charge in [0.2, 0.25) is 15.9 Å². The molecule has 4 aromatic rings. The number of benzene rings is 1. The van der Waals surface area contributed by atoms with Crippen molar-refractivity contribution in [2.75, 3.05) is 18.1 Å². The molecule has 0 fully saturated rings. The van der Waals surface area contributed by atoms with E-state index in [4.69, 9.17) is 0 Å². The van der Waals surface area contributed by atoms with Gasteiger partial charge in [0, 0.05) is 41.1 Å². The first-order chi connectivity index (χ1) is 19.0. The Bertz CT molecular complexity index is 1660. The summed E-state index contributed by atoms with van der Waals surface area (Å²) in [5.41, 5.74) is 4.62. The first-order valence-corrected chi connectivity index (χ1v) is 15.2. The summed E-state index contributed by atoms with van der Waals surface area (Å²) in [6.45, 7) is 3.23. The molecule has 0 spiro atoms. The third-order valence-electron chi connectivity index (χ3n) is 6.31. The molecule has 0 radical (unpaired) electrons. The highest BCUT2D eigenvalue weighted by atomic mass is 32.2. The van der Waals surface area contributed by atoms with Crippen LogP contribution in [0.3, 0.4) is 0 Å². The Morgan fingerprint density at radius 2 is 1.82 bits per heavy atom. The summed E-state index contributed by atoms with van der Waals surface area (Å²) >= 11 is 1.26. The second-order valence-electron chi connectivity index (χ2n) is 9.43. The van der Waals surface area contributed by atoms with Crippen molar-refractivity contribution < 1.29 is 22.8 Å². The van der Waals surface area contributed by atoms with Crippen molar-refractivity contribution in [3.05, 3.63) is 77.7 Å². The average Bonchev–Trinajstić information content (AvgIpc) is 3.61. The highest BCUT2D eigenvalue weighted by Gasteiger charge is 2.14. The molecule has 0 saturated carbocycles. The largest absolute Gasteiger partial charge is 0.343 e. The standard InChI is InChI=1S/C28H29N5O5S2/c1-18(19(2)34)7-8-24-14-21(9-11-29-24)20-5-4-6-22(13-20)25-17-39-28(31-25)32-26(35)15-30-27(36)23-10-12-33(16-23)40(3,37)38/h4-6,9-14,16-18H,7-8,15H2,1-3H3,(H,30,36)(H,31,32,35). The molecule has 10 nitrogen and oxygen atoms in total. The van der Waals surface area contributed by atoms with E-state index in [1.807, 2.05) is 48.7 Å². The highest BCUT2D eigenvalue weighted by Crippen LogP contribution is 2.29. The molecule has 0 aliphatic carbocycles. The lowest BCUT2D eigenvalue weighted by Gasteiger charge is -2.09. The van der Waals surface area contributed by atoms with Crippen LogP contribution in [0.5, 0.6) is 0 Å². The zero-order valence-electron chi connectivity index (χ0n) is 22.2. The molecule has 0 saturated heterocycles. The van der Waals surface area contributed by atoms with Gasteiger partial charge < -0.3 is 10.6 Å². The normalized spacial score (nSPS) is 12.1. The van der Waals surface area contributed by atoms with Gasteiger partial charge in [0.1, 0.15) is 5.78 Å². The monoisotopic (exact) mass is 579 g/mol. The van der Waals surface area contributed by atoms with E-state index in [1.165, 1.54) is 29.8 Å². The summed E-state index contributed by atoms with van der Waals surface area (Å²) in [7, 11) is -3.50. The number of amides is 2. The van der Waals surface area contributed by atoms with Crippen LogP contribution in [-0.2, 0) is 26.0 Å². The molecule has 0 aliphatic rings. The lowest BCUT2D eigenvalue weighted by Crippen LogP contribution is -2.32. The third-order valence-corrected chi connectivity index (χ3v) is 8.06. The minimum Gasteiger partial charge on any atom is -0.343 e. The predicted octanol–water partition coefficient (Wildman–Crippen LogP) is 4.01. The molecule has 3 aromatic heterocycles. The lowest BCUT2D eigenvalue weighted by molar-refractivity contribution is -0.120. The van der Waals surface area contributed by atoms with Crippen molar-refractivity contribution in [1.29, 1.82) is 0 Å². The number of aryl methyl sites for hydroxylation is 1. The number of ketones is 1. The number of thiazole rings is 1. The first kappa shape index (κ1) is 28.8. The van der Waals surface area contributed by atoms with Crippen molar-refractivity contribution in [2.45, 2.75) is 26.7 Å². The van der Waals surface area contributed by atoms with Crippen LogP contribution in [0.25, 0.3) is 22.4 Å². The molecule has 2 N–H and O–H groups in total. The van der Waals surface area contributed by atoms with Crippen LogP contribution in [0.1, 0.15) is 36.3 Å². The van der Waals surface area contributed by atoms with Gasteiger partial charge in [0.25, 0.3) is 5.91 Å². The van der Waals surface area contributed by atoms with E-state index >= 15 is 0 Å². The molecule has 2 amide bonds. The number of carbonyl (C=O) groups is 3. The Labute approximate surface area is 236 Å². The topological polar surface area (TPSA) is 140 Å². The van der Waals surface area contributed by atoms with Crippen molar-refractivity contribution in [2.24, 2.45) is 5.92 Å². The second kappa shape index (κ2) is 12.3. The Balaban J connectivity index is 1.37. The van der Waals surface area contributed by atoms with Crippen LogP contribution in [0, 0.1) is 5.92 Å². The number of pyridine rings is 1. The van der Waals surface area contributed by atoms with E-state index < -0.39 is 21.8 Å². The molecular weight excluding hydrogens is 550 g/mol. The maximum atomic E-state index is 12.4. The van der Waals surface area contributed by atoms with Crippen LogP contribution in [0.15, 0.2) is 66.4 Å². The number of rotatable bonds is 11. The van der Waals surface area contributed by atoms with E-state index in [-0.39, 0.29) is 23.8 Å². The second-order valence-corrected chi connectivity index (χ2v) is 12.2. The van der Waals surface area contributed by atoms with Crippen LogP contribution in [0.2, 0.25) is 0 Å². The number of hydrogen-bond acceptors (Lipinski definition) is 8. The Hall–Kier alpha value is -4.16. The fourth-order valence-electron chi connectivity index (χ4n) is 3.83. The van der Waals surface area contributed by atoms with Gasteiger partial charge in [-0.2, -0.15) is 0 Å². The van der Waals surface area contributed by atoms with Crippen molar-refractivity contribution >= 4 is 44.1 Å². The van der Waals surface area contributed by atoms with Gasteiger partial charge in [-0.15, -0.1) is 11.3 Å². The average molecular weight is 580 g/mol. The summed E-state index contributed by atoms with van der Waals surface area (Å²) < 4.78 is 24.0. The Kier molecular flexibility index (Phi) is 8.90. The van der Waals surface area contributed by atoms with Gasteiger partial charge >= 0.3 is 0 Å².